The summed E-state index contributed by atoms with van der Waals surface area (Å²) in [7, 11) is 0. The molecule has 0 atom stereocenters. The highest BCUT2D eigenvalue weighted by Gasteiger charge is 1.90. The lowest BCUT2D eigenvalue weighted by atomic mass is 10.5. The number of nitrogens with one attached hydrogen (secondary N) is 2. The second-order valence-electron chi connectivity index (χ2n) is 1.60. The van der Waals surface area contributed by atoms with Crippen LogP contribution in [0.5, 0.6) is 0 Å². The van der Waals surface area contributed by atoms with E-state index >= 15 is 0 Å². The average molecular weight is 111 g/mol. The number of hydrazine groups is 1. The Hall–Kier alpha value is -0.830. The van der Waals surface area contributed by atoms with Crippen LogP contribution in [0.2, 0.25) is 0 Å². The van der Waals surface area contributed by atoms with Crippen LogP contribution in [0.4, 0.5) is 0 Å². The normalized spacial score (nSPS) is 19.8. The van der Waals surface area contributed by atoms with Gasteiger partial charge in [-0.25, -0.2) is 10.4 Å². The van der Waals surface area contributed by atoms with Gasteiger partial charge in [0.05, 0.1) is 0 Å². The van der Waals surface area contributed by atoms with Crippen molar-refractivity contribution in [2.75, 3.05) is 6.54 Å². The molecule has 1 heterocycles. The minimum Gasteiger partial charge on any atom is -0.306 e. The van der Waals surface area contributed by atoms with Crippen LogP contribution in [0, 0.1) is 0 Å². The second kappa shape index (κ2) is 2.47. The van der Waals surface area contributed by atoms with Crippen LogP contribution in [0.1, 0.15) is 6.42 Å². The van der Waals surface area contributed by atoms with E-state index in [4.69, 9.17) is 0 Å². The maximum Gasteiger partial charge on any atom is 0.132 e. The zero-order chi connectivity index (χ0) is 5.82. The zero-order valence-corrected chi connectivity index (χ0v) is 4.65. The average Bonchev–Trinajstić information content (AvgIpc) is 1.94. The largest absolute Gasteiger partial charge is 0.306 e. The van der Waals surface area contributed by atoms with Gasteiger partial charge in [-0.2, -0.15) is 0 Å². The van der Waals surface area contributed by atoms with E-state index in [-0.39, 0.29) is 0 Å². The Kier molecular flexibility index (Phi) is 1.64. The molecular formula is C5H9N3. The quantitative estimate of drug-likeness (QED) is 0.462. The summed E-state index contributed by atoms with van der Waals surface area (Å²) in [6.45, 7) is 4.52. The van der Waals surface area contributed by atoms with Crippen molar-refractivity contribution < 1.29 is 0 Å². The fraction of sp³-hybridized carbons (Fsp3) is 0.400. The molecule has 0 spiro atoms. The first kappa shape index (κ1) is 5.31. The van der Waals surface area contributed by atoms with Gasteiger partial charge in [-0.3, -0.25) is 0 Å². The molecule has 1 aliphatic heterocycles. The molecule has 0 aromatic carbocycles. The molecular weight excluding hydrogens is 102 g/mol. The number of aliphatic imine (C=N–C) groups is 1. The Balaban J connectivity index is 2.44. The van der Waals surface area contributed by atoms with Gasteiger partial charge in [0.1, 0.15) is 5.82 Å². The van der Waals surface area contributed by atoms with Gasteiger partial charge in [0.25, 0.3) is 0 Å². The van der Waals surface area contributed by atoms with Crippen LogP contribution >= 0.6 is 0 Å². The summed E-state index contributed by atoms with van der Waals surface area (Å²) in [6.07, 6.45) is 2.81. The molecule has 0 aliphatic carbocycles. The van der Waals surface area contributed by atoms with Gasteiger partial charge in [-0.1, -0.05) is 6.58 Å². The summed E-state index contributed by atoms with van der Waals surface area (Å²) in [5.41, 5.74) is 5.72. The zero-order valence-electron chi connectivity index (χ0n) is 4.65. The minimum atomic E-state index is 0.683. The van der Waals surface area contributed by atoms with Gasteiger partial charge in [0.15, 0.2) is 0 Å². The molecule has 8 heavy (non-hydrogen) atoms. The van der Waals surface area contributed by atoms with Crippen molar-refractivity contribution in [3.63, 3.8) is 0 Å². The molecule has 0 aromatic rings. The molecule has 0 fully saturated rings. The summed E-state index contributed by atoms with van der Waals surface area (Å²) >= 11 is 0. The van der Waals surface area contributed by atoms with Crippen LogP contribution in [0.15, 0.2) is 17.4 Å². The summed E-state index contributed by atoms with van der Waals surface area (Å²) in [5, 5.41) is 0. The van der Waals surface area contributed by atoms with Gasteiger partial charge in [0, 0.05) is 12.8 Å². The van der Waals surface area contributed by atoms with E-state index in [1.165, 1.54) is 0 Å². The minimum absolute atomic E-state index is 0.683. The molecule has 0 bridgehead atoms. The van der Waals surface area contributed by atoms with Gasteiger partial charge < -0.3 is 5.43 Å². The van der Waals surface area contributed by atoms with Crippen molar-refractivity contribution in [2.24, 2.45) is 4.99 Å². The molecule has 0 unspecified atom stereocenters. The van der Waals surface area contributed by atoms with Gasteiger partial charge in [-0.15, -0.1) is 0 Å². The molecule has 3 nitrogen and oxygen atoms in total. The lowest BCUT2D eigenvalue weighted by Gasteiger charge is -1.99. The Morgan fingerprint density at radius 3 is 3.50 bits per heavy atom. The topological polar surface area (TPSA) is 36.4 Å². The van der Waals surface area contributed by atoms with E-state index in [2.05, 4.69) is 22.4 Å². The van der Waals surface area contributed by atoms with Crippen LogP contribution in [-0.2, 0) is 0 Å². The predicted octanol–water partition coefficient (Wildman–Crippen LogP) is 0.0263. The van der Waals surface area contributed by atoms with Crippen molar-refractivity contribution in [3.05, 3.63) is 12.4 Å². The molecule has 0 aromatic heterocycles. The Morgan fingerprint density at radius 2 is 2.62 bits per heavy atom. The smallest absolute Gasteiger partial charge is 0.132 e. The predicted molar refractivity (Wildman–Crippen MR) is 33.4 cm³/mol. The highest BCUT2D eigenvalue weighted by Crippen LogP contribution is 1.86. The Labute approximate surface area is 48.5 Å². The first-order valence-corrected chi connectivity index (χ1v) is 2.60. The highest BCUT2D eigenvalue weighted by molar-refractivity contribution is 5.59. The van der Waals surface area contributed by atoms with E-state index in [9.17, 15) is 0 Å². The third-order valence-corrected chi connectivity index (χ3v) is 0.878. The fourth-order valence-electron chi connectivity index (χ4n) is 0.508. The number of nitrogens with zero attached hydrogens (tertiary/aromatic N) is 1. The van der Waals surface area contributed by atoms with E-state index in [0.29, 0.717) is 5.82 Å². The summed E-state index contributed by atoms with van der Waals surface area (Å²) in [5.74, 6) is 0.683. The van der Waals surface area contributed by atoms with E-state index in [1.54, 1.807) is 0 Å². The highest BCUT2D eigenvalue weighted by atomic mass is 15.4. The molecule has 2 N–H and O–H groups in total. The van der Waals surface area contributed by atoms with E-state index in [1.807, 2.05) is 6.21 Å². The van der Waals surface area contributed by atoms with E-state index in [0.717, 1.165) is 13.0 Å². The van der Waals surface area contributed by atoms with Crippen molar-refractivity contribution in [3.8, 4) is 0 Å². The summed E-state index contributed by atoms with van der Waals surface area (Å²) in [4.78, 5) is 3.93. The third kappa shape index (κ3) is 1.35. The van der Waals surface area contributed by atoms with Crippen molar-refractivity contribution >= 4 is 6.21 Å². The monoisotopic (exact) mass is 111 g/mol. The molecule has 0 amide bonds. The molecule has 0 saturated carbocycles. The Bertz CT molecular complexity index is 117. The molecule has 0 saturated heterocycles. The van der Waals surface area contributed by atoms with Crippen molar-refractivity contribution in [2.45, 2.75) is 6.42 Å². The number of hydrogen-bond acceptors (Lipinski definition) is 3. The van der Waals surface area contributed by atoms with Crippen LogP contribution in [0.3, 0.4) is 0 Å². The van der Waals surface area contributed by atoms with Crippen molar-refractivity contribution in [1.29, 1.82) is 0 Å². The third-order valence-electron chi connectivity index (χ3n) is 0.878. The summed E-state index contributed by atoms with van der Waals surface area (Å²) in [6, 6.07) is 0. The maximum absolute atomic E-state index is 3.93. The second-order valence-corrected chi connectivity index (χ2v) is 1.60. The van der Waals surface area contributed by atoms with Crippen molar-refractivity contribution in [1.82, 2.24) is 10.9 Å². The van der Waals surface area contributed by atoms with Gasteiger partial charge in [0.2, 0.25) is 0 Å². The Morgan fingerprint density at radius 1 is 1.75 bits per heavy atom. The molecule has 3 heteroatoms. The summed E-state index contributed by atoms with van der Waals surface area (Å²) < 4.78 is 0. The standard InChI is InChI=1S/C5H9N3/c1-5-6-3-2-4-7-8-5/h3,7-8H,1-2,4H2. The SMILES string of the molecule is C=C1N=CCCNN1. The van der Waals surface area contributed by atoms with Gasteiger partial charge in [-0.05, 0) is 6.42 Å². The first-order valence-electron chi connectivity index (χ1n) is 2.60. The lowest BCUT2D eigenvalue weighted by Crippen LogP contribution is -2.29. The number of hydrogen-bond donors (Lipinski definition) is 2. The molecule has 44 valence electrons. The van der Waals surface area contributed by atoms with Gasteiger partial charge >= 0.3 is 0 Å². The molecule has 1 aliphatic rings. The molecule has 0 radical (unpaired) electrons. The van der Waals surface area contributed by atoms with E-state index < -0.39 is 0 Å². The van der Waals surface area contributed by atoms with Crippen LogP contribution in [0.25, 0.3) is 0 Å². The maximum atomic E-state index is 3.93. The first-order chi connectivity index (χ1) is 3.89. The lowest BCUT2D eigenvalue weighted by molar-refractivity contribution is 0.622. The molecule has 1 rings (SSSR count). The van der Waals surface area contributed by atoms with Crippen LogP contribution < -0.4 is 10.9 Å². The fourth-order valence-corrected chi connectivity index (χ4v) is 0.508. The number of rotatable bonds is 0. The van der Waals surface area contributed by atoms with Crippen LogP contribution in [-0.4, -0.2) is 12.8 Å².